The van der Waals surface area contributed by atoms with E-state index in [0.717, 1.165) is 5.56 Å². The smallest absolute Gasteiger partial charge is 0.413 e. The molecule has 4 rings (SSSR count). The Bertz CT molecular complexity index is 1140. The molecule has 11 heteroatoms. The average molecular weight is 538 g/mol. The number of anilines is 1. The highest BCUT2D eigenvalue weighted by Crippen LogP contribution is 2.49. The molecule has 1 amide bonds. The molecule has 2 aliphatic heterocycles. The number of rotatable bonds is 5. The molecular weight excluding hydrogens is 498 g/mol. The van der Waals surface area contributed by atoms with Crippen LogP contribution in [0.4, 0.5) is 10.6 Å². The lowest BCUT2D eigenvalue weighted by Crippen LogP contribution is -2.45. The Morgan fingerprint density at radius 3 is 2.39 bits per heavy atom. The molecule has 0 saturated carbocycles. The third-order valence-electron chi connectivity index (χ3n) is 7.31. The van der Waals surface area contributed by atoms with Gasteiger partial charge in [-0.3, -0.25) is 4.90 Å². The maximum atomic E-state index is 12.1. The van der Waals surface area contributed by atoms with E-state index in [2.05, 4.69) is 43.8 Å². The third kappa shape index (κ3) is 4.93. The second kappa shape index (κ2) is 8.99. The summed E-state index contributed by atoms with van der Waals surface area (Å²) >= 11 is 1.41. The Balaban J connectivity index is 1.69. The van der Waals surface area contributed by atoms with Crippen molar-refractivity contribution in [1.82, 2.24) is 9.97 Å². The Hall–Kier alpha value is -1.63. The first-order valence-corrected chi connectivity index (χ1v) is 16.1. The highest BCUT2D eigenvalue weighted by Gasteiger charge is 2.56. The number of fused-ring (bicyclic) bond motifs is 2. The van der Waals surface area contributed by atoms with E-state index in [0.29, 0.717) is 22.6 Å². The van der Waals surface area contributed by atoms with Crippen LogP contribution < -0.4 is 4.90 Å². The summed E-state index contributed by atoms with van der Waals surface area (Å²) in [5.74, 6) is -0.377. The number of carboxylic acid groups (broad SMARTS) is 1. The fraction of sp³-hybridized carbons (Fsp3) is 0.720. The van der Waals surface area contributed by atoms with Gasteiger partial charge in [-0.05, 0) is 58.1 Å². The van der Waals surface area contributed by atoms with Gasteiger partial charge in [-0.2, -0.15) is 0 Å². The van der Waals surface area contributed by atoms with Crippen LogP contribution in [-0.4, -0.2) is 65.7 Å². The summed E-state index contributed by atoms with van der Waals surface area (Å²) in [5.41, 5.74) is 0.845. The van der Waals surface area contributed by atoms with Gasteiger partial charge in [-0.25, -0.2) is 14.8 Å². The molecule has 0 bridgehead atoms. The Kier molecular flexibility index (Phi) is 6.84. The summed E-state index contributed by atoms with van der Waals surface area (Å²) in [7, 11) is -1.99. The molecule has 2 aromatic heterocycles. The predicted octanol–water partition coefficient (Wildman–Crippen LogP) is 5.96. The van der Waals surface area contributed by atoms with E-state index in [4.69, 9.17) is 18.6 Å². The molecule has 0 aromatic carbocycles. The van der Waals surface area contributed by atoms with Gasteiger partial charge in [0.05, 0.1) is 16.8 Å². The van der Waals surface area contributed by atoms with Crippen molar-refractivity contribution in [3.05, 3.63) is 17.3 Å². The molecule has 2 fully saturated rings. The van der Waals surface area contributed by atoms with Gasteiger partial charge in [0.2, 0.25) is 0 Å². The largest absolute Gasteiger partial charge is 0.465 e. The van der Waals surface area contributed by atoms with E-state index in [9.17, 15) is 9.90 Å². The molecule has 1 N–H and O–H groups in total. The van der Waals surface area contributed by atoms with Gasteiger partial charge in [0.15, 0.2) is 19.9 Å². The van der Waals surface area contributed by atoms with Gasteiger partial charge in [-0.15, -0.1) is 11.3 Å². The zero-order valence-corrected chi connectivity index (χ0v) is 24.7. The van der Waals surface area contributed by atoms with Crippen molar-refractivity contribution in [1.29, 1.82) is 0 Å². The Morgan fingerprint density at radius 2 is 1.81 bits per heavy atom. The number of hydrogen-bond acceptors (Lipinski definition) is 8. The maximum absolute atomic E-state index is 12.1. The van der Waals surface area contributed by atoms with Crippen LogP contribution in [0.1, 0.15) is 67.1 Å². The van der Waals surface area contributed by atoms with Gasteiger partial charge >= 0.3 is 6.09 Å². The minimum absolute atomic E-state index is 0.0800. The molecule has 200 valence electrons. The molecule has 0 spiro atoms. The molecule has 9 nitrogen and oxygen atoms in total. The minimum Gasteiger partial charge on any atom is -0.465 e. The monoisotopic (exact) mass is 537 g/mol. The number of thiophene rings is 1. The molecule has 2 aliphatic rings. The molecule has 2 saturated heterocycles. The van der Waals surface area contributed by atoms with Gasteiger partial charge in [0, 0.05) is 11.1 Å². The molecule has 0 unspecified atom stereocenters. The fourth-order valence-electron chi connectivity index (χ4n) is 4.49. The topological polar surface area (TPSA) is 103 Å². The van der Waals surface area contributed by atoms with Gasteiger partial charge in [-0.1, -0.05) is 20.8 Å². The Morgan fingerprint density at radius 1 is 1.17 bits per heavy atom. The molecule has 0 aliphatic carbocycles. The first-order valence-electron chi connectivity index (χ1n) is 12.3. The number of hydrogen-bond donors (Lipinski definition) is 1. The zero-order chi connectivity index (χ0) is 26.8. The summed E-state index contributed by atoms with van der Waals surface area (Å²) in [6.07, 6.45) is -0.979. The standard InChI is InChI=1S/C25H39N3O6SSi/c1-23(2,3)28(22(29)30)21-20-16(26-13-27-21)14(12-35-20)17-19-18(33-25(7,8)34-19)15(32-17)11-31-36(9,10)24(4,5)6/h12-13,15,17-19H,11H2,1-10H3,(H,29,30)/t15-,17+,18-,19+/m1/s1. The number of amides is 1. The number of aromatic nitrogens is 2. The molecular formula is C25H39N3O6SSi. The Labute approximate surface area is 218 Å². The average Bonchev–Trinajstić information content (AvgIpc) is 3.35. The van der Waals surface area contributed by atoms with Crippen molar-refractivity contribution in [2.45, 2.75) is 109 Å². The van der Waals surface area contributed by atoms with Crippen LogP contribution in [0.2, 0.25) is 18.1 Å². The SMILES string of the molecule is CC1(C)O[C@@H]2[C@H](O1)[C@@H](CO[Si](C)(C)C(C)(C)C)O[C@H]2c1csc2c(N(C(=O)O)C(C)(C)C)ncnc12. The first-order chi connectivity index (χ1) is 16.4. The van der Waals surface area contributed by atoms with Crippen LogP contribution in [0.15, 0.2) is 11.7 Å². The van der Waals surface area contributed by atoms with E-state index < -0.39 is 31.8 Å². The molecule has 4 heterocycles. The summed E-state index contributed by atoms with van der Waals surface area (Å²) in [5, 5.41) is 12.0. The van der Waals surface area contributed by atoms with Crippen LogP contribution in [0.3, 0.4) is 0 Å². The van der Waals surface area contributed by atoms with Crippen LogP contribution in [0, 0.1) is 0 Å². The van der Waals surface area contributed by atoms with Gasteiger partial charge in [0.1, 0.15) is 30.7 Å². The molecule has 4 atom stereocenters. The zero-order valence-electron chi connectivity index (χ0n) is 22.9. The number of ether oxygens (including phenoxy) is 3. The van der Waals surface area contributed by atoms with E-state index >= 15 is 0 Å². The second-order valence-corrected chi connectivity index (χ2v) is 18.3. The van der Waals surface area contributed by atoms with Crippen molar-refractivity contribution >= 4 is 41.8 Å². The van der Waals surface area contributed by atoms with Crippen LogP contribution in [0.5, 0.6) is 0 Å². The van der Waals surface area contributed by atoms with E-state index in [1.807, 2.05) is 40.0 Å². The molecule has 2 aromatic rings. The van der Waals surface area contributed by atoms with Gasteiger partial charge in [0.25, 0.3) is 0 Å². The van der Waals surface area contributed by atoms with E-state index in [1.54, 1.807) is 0 Å². The van der Waals surface area contributed by atoms with Crippen molar-refractivity contribution in [3.63, 3.8) is 0 Å². The van der Waals surface area contributed by atoms with Crippen molar-refractivity contribution in [2.75, 3.05) is 11.5 Å². The summed E-state index contributed by atoms with van der Waals surface area (Å²) < 4.78 is 26.4. The number of carbonyl (C=O) groups is 1. The molecule has 0 radical (unpaired) electrons. The van der Waals surface area contributed by atoms with Crippen molar-refractivity contribution in [2.24, 2.45) is 0 Å². The highest BCUT2D eigenvalue weighted by molar-refractivity contribution is 7.18. The number of nitrogens with zero attached hydrogens (tertiary/aromatic N) is 3. The van der Waals surface area contributed by atoms with Crippen LogP contribution in [0.25, 0.3) is 10.2 Å². The summed E-state index contributed by atoms with van der Waals surface area (Å²) in [4.78, 5) is 22.3. The van der Waals surface area contributed by atoms with E-state index in [1.165, 1.54) is 22.6 Å². The van der Waals surface area contributed by atoms with Gasteiger partial charge < -0.3 is 23.7 Å². The maximum Gasteiger partial charge on any atom is 0.413 e. The lowest BCUT2D eigenvalue weighted by Gasteiger charge is -2.37. The van der Waals surface area contributed by atoms with E-state index in [-0.39, 0.29) is 23.4 Å². The molecule has 36 heavy (non-hydrogen) atoms. The lowest BCUT2D eigenvalue weighted by molar-refractivity contribution is -0.190. The summed E-state index contributed by atoms with van der Waals surface area (Å²) in [6, 6.07) is 0. The van der Waals surface area contributed by atoms with Crippen molar-refractivity contribution in [3.8, 4) is 0 Å². The minimum atomic E-state index is -1.99. The highest BCUT2D eigenvalue weighted by atomic mass is 32.1. The third-order valence-corrected chi connectivity index (χ3v) is 12.8. The summed E-state index contributed by atoms with van der Waals surface area (Å²) in [6.45, 7) is 20.9. The second-order valence-electron chi connectivity index (χ2n) is 12.6. The normalized spacial score (nSPS) is 26.4. The van der Waals surface area contributed by atoms with Crippen molar-refractivity contribution < 1.29 is 28.5 Å². The van der Waals surface area contributed by atoms with Crippen LogP contribution >= 0.6 is 11.3 Å². The first kappa shape index (κ1) is 27.4. The quantitative estimate of drug-likeness (QED) is 0.466. The van der Waals surface area contributed by atoms with Crippen LogP contribution in [-0.2, 0) is 18.6 Å². The fourth-order valence-corrected chi connectivity index (χ4v) is 6.52. The predicted molar refractivity (Wildman–Crippen MR) is 142 cm³/mol. The lowest BCUT2D eigenvalue weighted by atomic mass is 10.0.